The van der Waals surface area contributed by atoms with Crippen LogP contribution in [0.4, 0.5) is 0 Å². The topological polar surface area (TPSA) is 38.3 Å². The molecule has 1 atom stereocenters. The van der Waals surface area contributed by atoms with E-state index in [1.807, 2.05) is 0 Å². The summed E-state index contributed by atoms with van der Waals surface area (Å²) in [5.74, 6) is 0.418. The lowest BCUT2D eigenvalue weighted by atomic mass is 10.1. The number of ether oxygens (including phenoxy) is 1. The van der Waals surface area contributed by atoms with E-state index < -0.39 is 0 Å². The fourth-order valence-electron chi connectivity index (χ4n) is 1.21. The SMILES string of the molecule is COC(=O)C[C@@H]1CCNC1. The van der Waals surface area contributed by atoms with Crippen molar-refractivity contribution in [3.63, 3.8) is 0 Å². The Morgan fingerprint density at radius 3 is 3.10 bits per heavy atom. The van der Waals surface area contributed by atoms with Crippen LogP contribution in [0.5, 0.6) is 0 Å². The van der Waals surface area contributed by atoms with Crippen LogP contribution in [0.15, 0.2) is 0 Å². The molecule has 0 amide bonds. The van der Waals surface area contributed by atoms with Gasteiger partial charge in [-0.3, -0.25) is 4.79 Å². The van der Waals surface area contributed by atoms with Crippen LogP contribution in [0, 0.1) is 5.92 Å². The first-order valence-electron chi connectivity index (χ1n) is 3.60. The second-order valence-electron chi connectivity index (χ2n) is 2.64. The van der Waals surface area contributed by atoms with Crippen LogP contribution >= 0.6 is 0 Å². The first-order valence-corrected chi connectivity index (χ1v) is 3.60. The molecule has 0 aliphatic carbocycles. The van der Waals surface area contributed by atoms with Crippen molar-refractivity contribution in [3.8, 4) is 0 Å². The molecule has 0 aromatic carbocycles. The summed E-state index contributed by atoms with van der Waals surface area (Å²) in [6.45, 7) is 2.01. The Labute approximate surface area is 60.7 Å². The van der Waals surface area contributed by atoms with Gasteiger partial charge in [-0.05, 0) is 25.4 Å². The zero-order chi connectivity index (χ0) is 7.40. The van der Waals surface area contributed by atoms with E-state index in [1.54, 1.807) is 0 Å². The molecule has 0 spiro atoms. The second kappa shape index (κ2) is 3.56. The molecule has 0 unspecified atom stereocenters. The lowest BCUT2D eigenvalue weighted by molar-refractivity contribution is -0.141. The van der Waals surface area contributed by atoms with E-state index >= 15 is 0 Å². The zero-order valence-corrected chi connectivity index (χ0v) is 6.22. The van der Waals surface area contributed by atoms with E-state index in [4.69, 9.17) is 0 Å². The maximum Gasteiger partial charge on any atom is 0.305 e. The minimum atomic E-state index is -0.0892. The third kappa shape index (κ3) is 1.99. The van der Waals surface area contributed by atoms with E-state index in [9.17, 15) is 4.79 Å². The predicted octanol–water partition coefficient (Wildman–Crippen LogP) is 0.159. The van der Waals surface area contributed by atoms with Crippen LogP contribution in [0.25, 0.3) is 0 Å². The number of rotatable bonds is 2. The van der Waals surface area contributed by atoms with E-state index in [1.165, 1.54) is 7.11 Å². The molecule has 10 heavy (non-hydrogen) atoms. The van der Waals surface area contributed by atoms with Gasteiger partial charge in [0, 0.05) is 6.42 Å². The second-order valence-corrected chi connectivity index (χ2v) is 2.64. The summed E-state index contributed by atoms with van der Waals surface area (Å²) in [6.07, 6.45) is 1.68. The largest absolute Gasteiger partial charge is 0.469 e. The van der Waals surface area contributed by atoms with Crippen molar-refractivity contribution in [2.75, 3.05) is 20.2 Å². The molecule has 0 aromatic rings. The molecule has 1 heterocycles. The number of hydrogen-bond acceptors (Lipinski definition) is 3. The molecule has 1 N–H and O–H groups in total. The molecule has 1 aliphatic heterocycles. The van der Waals surface area contributed by atoms with Crippen LogP contribution in [0.3, 0.4) is 0 Å². The first kappa shape index (κ1) is 7.54. The molecular weight excluding hydrogens is 130 g/mol. The van der Waals surface area contributed by atoms with Gasteiger partial charge in [-0.15, -0.1) is 0 Å². The molecule has 1 aliphatic rings. The highest BCUT2D eigenvalue weighted by Gasteiger charge is 2.17. The third-order valence-electron chi connectivity index (χ3n) is 1.85. The van der Waals surface area contributed by atoms with E-state index in [0.717, 1.165) is 19.5 Å². The summed E-state index contributed by atoms with van der Waals surface area (Å²) in [5, 5.41) is 3.19. The maximum absolute atomic E-state index is 10.7. The van der Waals surface area contributed by atoms with Gasteiger partial charge in [0.05, 0.1) is 7.11 Å². The predicted molar refractivity (Wildman–Crippen MR) is 37.6 cm³/mol. The summed E-state index contributed by atoms with van der Waals surface area (Å²) in [5.41, 5.74) is 0. The van der Waals surface area contributed by atoms with E-state index in [0.29, 0.717) is 12.3 Å². The normalized spacial score (nSPS) is 24.7. The number of nitrogens with one attached hydrogen (secondary N) is 1. The molecule has 0 bridgehead atoms. The van der Waals surface area contributed by atoms with Crippen molar-refractivity contribution >= 4 is 5.97 Å². The lowest BCUT2D eigenvalue weighted by Crippen LogP contribution is -2.13. The van der Waals surface area contributed by atoms with Crippen LogP contribution in [0.2, 0.25) is 0 Å². The van der Waals surface area contributed by atoms with E-state index in [2.05, 4.69) is 10.1 Å². The quantitative estimate of drug-likeness (QED) is 0.559. The summed E-state index contributed by atoms with van der Waals surface area (Å²) in [6, 6.07) is 0. The van der Waals surface area contributed by atoms with Gasteiger partial charge in [-0.2, -0.15) is 0 Å². The van der Waals surface area contributed by atoms with Crippen molar-refractivity contribution in [1.82, 2.24) is 5.32 Å². The standard InChI is InChI=1S/C7H13NO2/c1-10-7(9)4-6-2-3-8-5-6/h6,8H,2-5H2,1H3/t6-/m0/s1. The summed E-state index contributed by atoms with van der Waals surface area (Å²) in [4.78, 5) is 10.7. The van der Waals surface area contributed by atoms with Crippen molar-refractivity contribution in [2.45, 2.75) is 12.8 Å². The van der Waals surface area contributed by atoms with Gasteiger partial charge in [-0.1, -0.05) is 0 Å². The number of carbonyl (C=O) groups excluding carboxylic acids is 1. The Balaban J connectivity index is 2.17. The Morgan fingerprint density at radius 1 is 1.80 bits per heavy atom. The van der Waals surface area contributed by atoms with Gasteiger partial charge in [0.1, 0.15) is 0 Å². The van der Waals surface area contributed by atoms with Gasteiger partial charge in [0.25, 0.3) is 0 Å². The van der Waals surface area contributed by atoms with Crippen LogP contribution in [0.1, 0.15) is 12.8 Å². The average molecular weight is 143 g/mol. The molecule has 3 heteroatoms. The van der Waals surface area contributed by atoms with Crippen molar-refractivity contribution < 1.29 is 9.53 Å². The highest BCUT2D eigenvalue weighted by atomic mass is 16.5. The fourth-order valence-corrected chi connectivity index (χ4v) is 1.21. The van der Waals surface area contributed by atoms with Gasteiger partial charge in [0.15, 0.2) is 0 Å². The van der Waals surface area contributed by atoms with Gasteiger partial charge < -0.3 is 10.1 Å². The molecule has 0 saturated carbocycles. The Kier molecular flexibility index (Phi) is 2.68. The molecule has 1 fully saturated rings. The monoisotopic (exact) mass is 143 g/mol. The highest BCUT2D eigenvalue weighted by Crippen LogP contribution is 2.11. The summed E-state index contributed by atoms with van der Waals surface area (Å²) >= 11 is 0. The molecule has 3 nitrogen and oxygen atoms in total. The molecule has 0 aromatic heterocycles. The number of esters is 1. The molecule has 1 rings (SSSR count). The van der Waals surface area contributed by atoms with Gasteiger partial charge >= 0.3 is 5.97 Å². The fraction of sp³-hybridized carbons (Fsp3) is 0.857. The van der Waals surface area contributed by atoms with Crippen LogP contribution in [-0.4, -0.2) is 26.2 Å². The first-order chi connectivity index (χ1) is 4.83. The Morgan fingerprint density at radius 2 is 2.60 bits per heavy atom. The zero-order valence-electron chi connectivity index (χ0n) is 6.22. The van der Waals surface area contributed by atoms with Gasteiger partial charge in [-0.25, -0.2) is 0 Å². The van der Waals surface area contributed by atoms with Crippen molar-refractivity contribution in [1.29, 1.82) is 0 Å². The Hall–Kier alpha value is -0.570. The Bertz CT molecular complexity index is 119. The van der Waals surface area contributed by atoms with Gasteiger partial charge in [0.2, 0.25) is 0 Å². The molecule has 58 valence electrons. The molecular formula is C7H13NO2. The number of carbonyl (C=O) groups is 1. The number of methoxy groups -OCH3 is 1. The van der Waals surface area contributed by atoms with Crippen molar-refractivity contribution in [3.05, 3.63) is 0 Å². The van der Waals surface area contributed by atoms with E-state index in [-0.39, 0.29) is 5.97 Å². The lowest BCUT2D eigenvalue weighted by Gasteiger charge is -2.04. The van der Waals surface area contributed by atoms with Crippen LogP contribution < -0.4 is 5.32 Å². The number of hydrogen-bond donors (Lipinski definition) is 1. The smallest absolute Gasteiger partial charge is 0.305 e. The van der Waals surface area contributed by atoms with Crippen molar-refractivity contribution in [2.24, 2.45) is 5.92 Å². The summed E-state index contributed by atoms with van der Waals surface area (Å²) in [7, 11) is 1.44. The minimum absolute atomic E-state index is 0.0892. The minimum Gasteiger partial charge on any atom is -0.469 e. The average Bonchev–Trinajstić information content (AvgIpc) is 2.40. The molecule has 1 saturated heterocycles. The molecule has 0 radical (unpaired) electrons. The highest BCUT2D eigenvalue weighted by molar-refractivity contribution is 5.69. The van der Waals surface area contributed by atoms with Crippen LogP contribution in [-0.2, 0) is 9.53 Å². The maximum atomic E-state index is 10.7. The third-order valence-corrected chi connectivity index (χ3v) is 1.85. The summed E-state index contributed by atoms with van der Waals surface area (Å²) < 4.78 is 4.55.